The molecule has 2 unspecified atom stereocenters. The van der Waals surface area contributed by atoms with Gasteiger partial charge in [-0.25, -0.2) is 4.79 Å². The van der Waals surface area contributed by atoms with Crippen molar-refractivity contribution >= 4 is 35.4 Å². The molecule has 2 aromatic carbocycles. The van der Waals surface area contributed by atoms with Gasteiger partial charge in [0.05, 0.1) is 0 Å². The van der Waals surface area contributed by atoms with Gasteiger partial charge in [-0.1, -0.05) is 49.4 Å². The van der Waals surface area contributed by atoms with E-state index in [1.54, 1.807) is 37.4 Å². The van der Waals surface area contributed by atoms with E-state index in [-0.39, 0.29) is 11.8 Å². The van der Waals surface area contributed by atoms with Crippen LogP contribution in [-0.4, -0.2) is 52.0 Å². The van der Waals surface area contributed by atoms with Gasteiger partial charge in [-0.15, -0.1) is 0 Å². The Hall–Kier alpha value is -3.00. The van der Waals surface area contributed by atoms with Gasteiger partial charge in [-0.05, 0) is 102 Å². The summed E-state index contributed by atoms with van der Waals surface area (Å²) in [6, 6.07) is 11.9. The highest BCUT2D eigenvalue weighted by Crippen LogP contribution is 2.32. The number of benzene rings is 2. The van der Waals surface area contributed by atoms with Crippen molar-refractivity contribution in [1.82, 2.24) is 10.2 Å². The number of para-hydroxylation sites is 1. The predicted molar refractivity (Wildman–Crippen MR) is 166 cm³/mol. The maximum atomic E-state index is 14.4. The Bertz CT molecular complexity index is 1150. The second-order valence-electron chi connectivity index (χ2n) is 12.1. The molecule has 2 atom stereocenters. The van der Waals surface area contributed by atoms with Gasteiger partial charge >= 0.3 is 6.09 Å². The average Bonchev–Trinajstić information content (AvgIpc) is 2.85. The van der Waals surface area contributed by atoms with E-state index in [2.05, 4.69) is 17.6 Å². The van der Waals surface area contributed by atoms with Crippen LogP contribution in [0.25, 0.3) is 0 Å². The molecule has 0 heterocycles. The van der Waals surface area contributed by atoms with E-state index in [4.69, 9.17) is 4.74 Å². The molecular weight excluding hydrogens is 522 g/mol. The number of hydrogen-bond donors (Lipinski definition) is 2. The van der Waals surface area contributed by atoms with Gasteiger partial charge in [0.2, 0.25) is 5.91 Å². The maximum Gasteiger partial charge on any atom is 0.408 e. The number of hydrogen-bond acceptors (Lipinski definition) is 5. The fourth-order valence-electron chi connectivity index (χ4n) is 4.51. The molecule has 220 valence electrons. The summed E-state index contributed by atoms with van der Waals surface area (Å²) < 4.78 is 5.48. The van der Waals surface area contributed by atoms with E-state index in [9.17, 15) is 14.4 Å². The molecule has 0 spiro atoms. The highest BCUT2D eigenvalue weighted by Gasteiger charge is 2.42. The number of ether oxygens (including phenoxy) is 1. The van der Waals surface area contributed by atoms with Crippen LogP contribution in [0, 0.1) is 13.8 Å². The second-order valence-corrected chi connectivity index (χ2v) is 13.1. The van der Waals surface area contributed by atoms with Gasteiger partial charge < -0.3 is 20.3 Å². The zero-order valence-corrected chi connectivity index (χ0v) is 26.6. The Kier molecular flexibility index (Phi) is 11.7. The minimum Gasteiger partial charge on any atom is -0.444 e. The van der Waals surface area contributed by atoms with Crippen molar-refractivity contribution in [2.24, 2.45) is 0 Å². The maximum absolute atomic E-state index is 14.4. The van der Waals surface area contributed by atoms with Gasteiger partial charge in [0.1, 0.15) is 17.7 Å². The Morgan fingerprint density at radius 1 is 0.950 bits per heavy atom. The molecule has 7 nitrogen and oxygen atoms in total. The van der Waals surface area contributed by atoms with Crippen LogP contribution in [0.1, 0.15) is 83.2 Å². The Balaban J connectivity index is 2.62. The van der Waals surface area contributed by atoms with E-state index >= 15 is 0 Å². The zero-order chi connectivity index (χ0) is 30.3. The third kappa shape index (κ3) is 9.29. The van der Waals surface area contributed by atoms with Crippen LogP contribution in [0.3, 0.4) is 0 Å². The van der Waals surface area contributed by atoms with Crippen LogP contribution in [0.15, 0.2) is 42.5 Å². The number of nitrogens with one attached hydrogen (secondary N) is 2. The summed E-state index contributed by atoms with van der Waals surface area (Å²) in [5, 5.41) is 5.91. The molecule has 0 saturated heterocycles. The summed E-state index contributed by atoms with van der Waals surface area (Å²) in [6.45, 7) is 17.0. The number of nitrogens with zero attached hydrogens (tertiary/aromatic N) is 1. The fourth-order valence-corrected chi connectivity index (χ4v) is 4.98. The topological polar surface area (TPSA) is 87.7 Å². The minimum absolute atomic E-state index is 0.314. The minimum atomic E-state index is -0.936. The molecule has 3 amide bonds. The van der Waals surface area contributed by atoms with Crippen molar-refractivity contribution in [3.05, 3.63) is 64.7 Å². The summed E-state index contributed by atoms with van der Waals surface area (Å²) in [6.07, 6.45) is 2.54. The molecule has 40 heavy (non-hydrogen) atoms. The number of amides is 3. The molecule has 0 aliphatic rings. The van der Waals surface area contributed by atoms with E-state index in [0.29, 0.717) is 17.7 Å². The van der Waals surface area contributed by atoms with E-state index in [0.717, 1.165) is 28.8 Å². The lowest BCUT2D eigenvalue weighted by Gasteiger charge is -2.43. The van der Waals surface area contributed by atoms with Crippen LogP contribution in [0.4, 0.5) is 10.5 Å². The number of thioether (sulfide) groups is 1. The Morgan fingerprint density at radius 3 is 2.00 bits per heavy atom. The van der Waals surface area contributed by atoms with Crippen molar-refractivity contribution in [2.45, 2.75) is 98.4 Å². The second kappa shape index (κ2) is 14.1. The van der Waals surface area contributed by atoms with Crippen molar-refractivity contribution < 1.29 is 19.1 Å². The number of alkyl carbamates (subject to hydrolysis) is 1. The summed E-state index contributed by atoms with van der Waals surface area (Å²) in [4.78, 5) is 43.0. The molecule has 0 aliphatic carbocycles. The third-order valence-electron chi connectivity index (χ3n) is 6.50. The smallest absolute Gasteiger partial charge is 0.408 e. The quantitative estimate of drug-likeness (QED) is 0.328. The molecule has 2 aromatic rings. The molecule has 2 N–H and O–H groups in total. The van der Waals surface area contributed by atoms with Crippen LogP contribution in [0.5, 0.6) is 0 Å². The van der Waals surface area contributed by atoms with Gasteiger partial charge in [0.15, 0.2) is 0 Å². The van der Waals surface area contributed by atoms with Crippen LogP contribution >= 0.6 is 11.8 Å². The summed E-state index contributed by atoms with van der Waals surface area (Å²) in [5.74, 6) is -0.00582. The predicted octanol–water partition coefficient (Wildman–Crippen LogP) is 6.82. The number of carbonyl (C=O) groups excluding carboxylic acids is 3. The Morgan fingerprint density at radius 2 is 1.52 bits per heavy atom. The first-order valence-corrected chi connectivity index (χ1v) is 15.3. The molecule has 2 rings (SSSR count). The fraction of sp³-hybridized carbons (Fsp3) is 0.531. The standard InChI is InChI=1S/C32H47N3O4S/c1-11-23-15-17-24(18-16-23)27(28(36)34-26-21(2)13-12-14-22(26)3)35(31(4,5)6)29(37)25(19-20-40-10)33-30(38)39-32(7,8)9/h12-18,25,27H,11,19-20H2,1-10H3,(H,33,38)(H,34,36). The van der Waals surface area contributed by atoms with Crippen molar-refractivity contribution in [1.29, 1.82) is 0 Å². The normalized spacial score (nSPS) is 13.2. The van der Waals surface area contributed by atoms with Crippen LogP contribution in [-0.2, 0) is 20.7 Å². The van der Waals surface area contributed by atoms with Gasteiger partial charge in [0.25, 0.3) is 5.91 Å². The summed E-state index contributed by atoms with van der Waals surface area (Å²) in [7, 11) is 0. The van der Waals surface area contributed by atoms with Crippen molar-refractivity contribution in [2.75, 3.05) is 17.3 Å². The lowest BCUT2D eigenvalue weighted by molar-refractivity contribution is -0.146. The van der Waals surface area contributed by atoms with Crippen molar-refractivity contribution in [3.63, 3.8) is 0 Å². The first-order valence-electron chi connectivity index (χ1n) is 13.9. The van der Waals surface area contributed by atoms with Gasteiger partial charge in [-0.2, -0.15) is 11.8 Å². The lowest BCUT2D eigenvalue weighted by atomic mass is 9.94. The molecule has 0 aliphatic heterocycles. The molecule has 0 saturated carbocycles. The first kappa shape index (κ1) is 33.2. The largest absolute Gasteiger partial charge is 0.444 e. The van der Waals surface area contributed by atoms with Gasteiger partial charge in [-0.3, -0.25) is 9.59 Å². The van der Waals surface area contributed by atoms with E-state index in [1.807, 2.05) is 83.3 Å². The highest BCUT2D eigenvalue weighted by molar-refractivity contribution is 7.98. The van der Waals surface area contributed by atoms with Crippen LogP contribution < -0.4 is 10.6 Å². The molecule has 0 aromatic heterocycles. The highest BCUT2D eigenvalue weighted by atomic mass is 32.2. The summed E-state index contributed by atoms with van der Waals surface area (Å²) in [5.41, 5.74) is 2.97. The number of carbonyl (C=O) groups is 3. The average molecular weight is 570 g/mol. The van der Waals surface area contributed by atoms with Crippen LogP contribution in [0.2, 0.25) is 0 Å². The zero-order valence-electron chi connectivity index (χ0n) is 25.8. The first-order chi connectivity index (χ1) is 18.6. The number of rotatable bonds is 10. The SMILES string of the molecule is CCc1ccc(C(C(=O)Nc2c(C)cccc2C)N(C(=O)C(CCSC)NC(=O)OC(C)(C)C)C(C)(C)C)cc1. The third-order valence-corrected chi connectivity index (χ3v) is 7.14. The molecule has 0 fully saturated rings. The number of anilines is 1. The molecule has 0 radical (unpaired) electrons. The summed E-state index contributed by atoms with van der Waals surface area (Å²) >= 11 is 1.58. The number of aryl methyl sites for hydroxylation is 3. The van der Waals surface area contributed by atoms with Gasteiger partial charge in [0, 0.05) is 11.2 Å². The monoisotopic (exact) mass is 569 g/mol. The van der Waals surface area contributed by atoms with E-state index < -0.39 is 29.3 Å². The molecular formula is C32H47N3O4S. The van der Waals surface area contributed by atoms with E-state index in [1.165, 1.54) is 0 Å². The molecule has 0 bridgehead atoms. The lowest BCUT2D eigenvalue weighted by Crippen LogP contribution is -2.58. The van der Waals surface area contributed by atoms with Crippen molar-refractivity contribution in [3.8, 4) is 0 Å². The Labute approximate surface area is 244 Å². The molecule has 8 heteroatoms.